The summed E-state index contributed by atoms with van der Waals surface area (Å²) in [7, 11) is -3.96. The van der Waals surface area contributed by atoms with E-state index in [0.29, 0.717) is 12.2 Å². The van der Waals surface area contributed by atoms with Gasteiger partial charge in [0.25, 0.3) is 10.0 Å². The fourth-order valence-electron chi connectivity index (χ4n) is 1.51. The Morgan fingerprint density at radius 1 is 1.48 bits per heavy atom. The number of nitrogens with zero attached hydrogens (tertiary/aromatic N) is 2. The Morgan fingerprint density at radius 3 is 2.71 bits per heavy atom. The van der Waals surface area contributed by atoms with E-state index >= 15 is 0 Å². The van der Waals surface area contributed by atoms with Crippen molar-refractivity contribution >= 4 is 37.9 Å². The molecule has 0 saturated heterocycles. The summed E-state index contributed by atoms with van der Waals surface area (Å²) in [5, 5.41) is 17.4. The average Bonchev–Trinajstić information content (AvgIpc) is 2.96. The summed E-state index contributed by atoms with van der Waals surface area (Å²) in [6, 6.07) is 2.42. The molecule has 0 saturated carbocycles. The maximum absolute atomic E-state index is 12.2. The fourth-order valence-corrected chi connectivity index (χ4v) is 3.88. The highest BCUT2D eigenvalue weighted by atomic mass is 32.2. The third-order valence-electron chi connectivity index (χ3n) is 2.35. The highest BCUT2D eigenvalue weighted by Crippen LogP contribution is 2.37. The Hall–Kier alpha value is -2.14. The molecule has 0 aromatic carbocycles. The Morgan fingerprint density at radius 2 is 2.19 bits per heavy atom. The summed E-state index contributed by atoms with van der Waals surface area (Å²) in [6.07, 6.45) is 0. The maximum atomic E-state index is 12.2. The first-order valence-electron chi connectivity index (χ1n) is 5.81. The fraction of sp³-hybridized carbons (Fsp3) is 0.300. The van der Waals surface area contributed by atoms with E-state index in [0.717, 1.165) is 17.4 Å². The average molecular weight is 332 g/mol. The normalized spacial score (nSPS) is 11.3. The molecule has 2 heterocycles. The van der Waals surface area contributed by atoms with Gasteiger partial charge in [-0.3, -0.25) is 10.1 Å². The van der Waals surface area contributed by atoms with Crippen molar-refractivity contribution in [2.24, 2.45) is 0 Å². The van der Waals surface area contributed by atoms with Crippen LogP contribution in [-0.4, -0.2) is 25.0 Å². The first-order valence-corrected chi connectivity index (χ1v) is 8.11. The molecule has 2 rings (SSSR count). The van der Waals surface area contributed by atoms with Crippen LogP contribution in [-0.2, 0) is 10.0 Å². The van der Waals surface area contributed by atoms with Crippen molar-refractivity contribution in [1.29, 1.82) is 0 Å². The van der Waals surface area contributed by atoms with Gasteiger partial charge in [0.2, 0.25) is 5.88 Å². The topological polar surface area (TPSA) is 127 Å². The Balaban J connectivity index is 2.35. The van der Waals surface area contributed by atoms with Crippen molar-refractivity contribution in [2.75, 3.05) is 16.6 Å². The Kier molecular flexibility index (Phi) is 4.14. The van der Waals surface area contributed by atoms with Gasteiger partial charge in [-0.05, 0) is 13.8 Å². The van der Waals surface area contributed by atoms with Crippen LogP contribution in [0, 0.1) is 17.0 Å². The summed E-state index contributed by atoms with van der Waals surface area (Å²) in [6.45, 7) is 3.84. The first kappa shape index (κ1) is 15.3. The van der Waals surface area contributed by atoms with Crippen LogP contribution in [0.2, 0.25) is 0 Å². The van der Waals surface area contributed by atoms with E-state index in [1.54, 1.807) is 13.8 Å². The molecule has 0 fully saturated rings. The zero-order valence-electron chi connectivity index (χ0n) is 11.1. The lowest BCUT2D eigenvalue weighted by Gasteiger charge is -2.00. The molecule has 0 aliphatic carbocycles. The smallest absolute Gasteiger partial charge is 0.304 e. The molecule has 0 radical (unpaired) electrons. The van der Waals surface area contributed by atoms with Crippen molar-refractivity contribution in [3.63, 3.8) is 0 Å². The van der Waals surface area contributed by atoms with E-state index in [-0.39, 0.29) is 20.8 Å². The maximum Gasteiger partial charge on any atom is 0.304 e. The van der Waals surface area contributed by atoms with Crippen LogP contribution in [0.25, 0.3) is 0 Å². The van der Waals surface area contributed by atoms with Crippen LogP contribution in [0.15, 0.2) is 20.9 Å². The van der Waals surface area contributed by atoms with Crippen LogP contribution in [0.4, 0.5) is 16.6 Å². The highest BCUT2D eigenvalue weighted by molar-refractivity contribution is 7.94. The first-order chi connectivity index (χ1) is 9.83. The van der Waals surface area contributed by atoms with Gasteiger partial charge < -0.3 is 9.84 Å². The number of nitro groups is 1. The second-order valence-corrected chi connectivity index (χ2v) is 6.97. The van der Waals surface area contributed by atoms with Gasteiger partial charge in [-0.2, -0.15) is 0 Å². The molecule has 9 nitrogen and oxygen atoms in total. The van der Waals surface area contributed by atoms with Crippen molar-refractivity contribution in [2.45, 2.75) is 18.1 Å². The molecule has 0 unspecified atom stereocenters. The van der Waals surface area contributed by atoms with Crippen LogP contribution in [0.5, 0.6) is 0 Å². The minimum atomic E-state index is -3.96. The highest BCUT2D eigenvalue weighted by Gasteiger charge is 2.26. The van der Waals surface area contributed by atoms with Gasteiger partial charge in [0.1, 0.15) is 4.21 Å². The SMILES string of the molecule is CCNc1sc(S(=O)(=O)Nc2cc(C)no2)cc1[N+](=O)[O-]. The number of rotatable bonds is 6. The second kappa shape index (κ2) is 5.69. The molecule has 0 bridgehead atoms. The third kappa shape index (κ3) is 3.31. The summed E-state index contributed by atoms with van der Waals surface area (Å²) in [5.41, 5.74) is 0.231. The number of aromatic nitrogens is 1. The molecule has 11 heteroatoms. The summed E-state index contributed by atoms with van der Waals surface area (Å²) >= 11 is 0.780. The lowest BCUT2D eigenvalue weighted by atomic mass is 10.5. The standard InChI is InChI=1S/C10H12N4O5S2/c1-3-11-10-7(14(15)16)5-9(20-10)21(17,18)13-8-4-6(2)12-19-8/h4-5,11,13H,3H2,1-2H3. The van der Waals surface area contributed by atoms with Crippen molar-refractivity contribution in [3.8, 4) is 0 Å². The van der Waals surface area contributed by atoms with Crippen LogP contribution in [0.1, 0.15) is 12.6 Å². The van der Waals surface area contributed by atoms with E-state index in [4.69, 9.17) is 4.52 Å². The largest absolute Gasteiger partial charge is 0.372 e. The minimum Gasteiger partial charge on any atom is -0.372 e. The lowest BCUT2D eigenvalue weighted by molar-refractivity contribution is -0.383. The van der Waals surface area contributed by atoms with Crippen LogP contribution >= 0.6 is 11.3 Å². The van der Waals surface area contributed by atoms with Gasteiger partial charge in [-0.15, -0.1) is 0 Å². The molecular weight excluding hydrogens is 320 g/mol. The van der Waals surface area contributed by atoms with Crippen molar-refractivity contribution in [1.82, 2.24) is 5.16 Å². The Bertz CT molecular complexity index is 764. The van der Waals surface area contributed by atoms with Gasteiger partial charge in [-0.1, -0.05) is 16.5 Å². The summed E-state index contributed by atoms with van der Waals surface area (Å²) in [4.78, 5) is 10.3. The molecule has 2 aromatic heterocycles. The zero-order valence-corrected chi connectivity index (χ0v) is 12.7. The van der Waals surface area contributed by atoms with Gasteiger partial charge in [-0.25, -0.2) is 13.1 Å². The van der Waals surface area contributed by atoms with E-state index in [1.807, 2.05) is 0 Å². The molecule has 114 valence electrons. The van der Waals surface area contributed by atoms with Gasteiger partial charge in [0.05, 0.1) is 10.6 Å². The zero-order chi connectivity index (χ0) is 15.6. The van der Waals surface area contributed by atoms with E-state index in [1.165, 1.54) is 6.07 Å². The lowest BCUT2D eigenvalue weighted by Crippen LogP contribution is -2.10. The van der Waals surface area contributed by atoms with Crippen LogP contribution < -0.4 is 10.0 Å². The van der Waals surface area contributed by atoms with Crippen molar-refractivity contribution < 1.29 is 17.9 Å². The number of sulfonamides is 1. The minimum absolute atomic E-state index is 0.0476. The van der Waals surface area contributed by atoms with Gasteiger partial charge in [0.15, 0.2) is 5.00 Å². The Labute approximate surface area is 124 Å². The predicted octanol–water partition coefficient (Wildman–Crippen LogP) is 2.19. The third-order valence-corrected chi connectivity index (χ3v) is 5.25. The monoisotopic (exact) mass is 332 g/mol. The number of aryl methyl sites for hydroxylation is 1. The molecule has 0 amide bonds. The van der Waals surface area contributed by atoms with Gasteiger partial charge in [0, 0.05) is 18.7 Å². The van der Waals surface area contributed by atoms with E-state index < -0.39 is 14.9 Å². The molecule has 2 N–H and O–H groups in total. The summed E-state index contributed by atoms with van der Waals surface area (Å²) in [5.74, 6) is -0.0476. The number of nitrogens with one attached hydrogen (secondary N) is 2. The molecular formula is C10H12N4O5S2. The van der Waals surface area contributed by atoms with Crippen LogP contribution in [0.3, 0.4) is 0 Å². The molecule has 0 aliphatic rings. The van der Waals surface area contributed by atoms with E-state index in [9.17, 15) is 18.5 Å². The number of hydrogen-bond acceptors (Lipinski definition) is 8. The quantitative estimate of drug-likeness (QED) is 0.613. The predicted molar refractivity (Wildman–Crippen MR) is 77.2 cm³/mol. The van der Waals surface area contributed by atoms with Gasteiger partial charge >= 0.3 is 5.69 Å². The molecule has 2 aromatic rings. The molecule has 0 aliphatic heterocycles. The number of thiophene rings is 1. The van der Waals surface area contributed by atoms with Crippen molar-refractivity contribution in [3.05, 3.63) is 27.9 Å². The number of hydrogen-bond donors (Lipinski definition) is 2. The summed E-state index contributed by atoms with van der Waals surface area (Å²) < 4.78 is 31.1. The number of anilines is 2. The molecule has 21 heavy (non-hydrogen) atoms. The molecule has 0 atom stereocenters. The van der Waals surface area contributed by atoms with E-state index in [2.05, 4.69) is 15.2 Å². The second-order valence-electron chi connectivity index (χ2n) is 4.01. The molecule has 0 spiro atoms.